The Labute approximate surface area is 123 Å². The third-order valence-electron chi connectivity index (χ3n) is 2.20. The van der Waals surface area contributed by atoms with Crippen LogP contribution in [-0.2, 0) is 9.53 Å². The summed E-state index contributed by atoms with van der Waals surface area (Å²) in [6.07, 6.45) is -11.2. The first kappa shape index (κ1) is 17.8. The Morgan fingerprint density at radius 1 is 1.14 bits per heavy atom. The molecule has 1 aromatic carbocycles. The molecule has 3 nitrogen and oxygen atoms in total. The van der Waals surface area contributed by atoms with E-state index in [1.807, 2.05) is 0 Å². The summed E-state index contributed by atoms with van der Waals surface area (Å²) in [5.41, 5.74) is 0.326. The zero-order valence-electron chi connectivity index (χ0n) is 11.3. The maximum absolute atomic E-state index is 12.7. The fraction of sp³-hybridized carbons (Fsp3) is 0.357. The predicted molar refractivity (Wildman–Crippen MR) is 66.2 cm³/mol. The van der Waals surface area contributed by atoms with Crippen LogP contribution in [0.25, 0.3) is 0 Å². The highest BCUT2D eigenvalue weighted by Gasteiger charge is 2.61. The predicted octanol–water partition coefficient (Wildman–Crippen LogP) is 3.53. The molecular weight excluding hydrogens is 311 g/mol. The van der Waals surface area contributed by atoms with Crippen LogP contribution < -0.4 is 4.74 Å². The number of esters is 1. The first-order valence-corrected chi connectivity index (χ1v) is 6.04. The van der Waals surface area contributed by atoms with Crippen molar-refractivity contribution in [2.24, 2.45) is 0 Å². The molecule has 1 aromatic rings. The first-order chi connectivity index (χ1) is 10.2. The topological polar surface area (TPSA) is 35.5 Å². The summed E-state index contributed by atoms with van der Waals surface area (Å²) in [7, 11) is 0. The van der Waals surface area contributed by atoms with E-state index in [4.69, 9.17) is 0 Å². The summed E-state index contributed by atoms with van der Waals surface area (Å²) in [4.78, 5) is 11.0. The van der Waals surface area contributed by atoms with Crippen LogP contribution in [0.4, 0.5) is 22.0 Å². The van der Waals surface area contributed by atoms with Crippen LogP contribution in [0.15, 0.2) is 24.3 Å². The van der Waals surface area contributed by atoms with E-state index in [1.54, 1.807) is 6.92 Å². The van der Waals surface area contributed by atoms with Crippen LogP contribution in [0.5, 0.6) is 5.75 Å². The molecule has 120 valence electrons. The Morgan fingerprint density at radius 3 is 2.23 bits per heavy atom. The second-order valence-electron chi connectivity index (χ2n) is 3.92. The zero-order chi connectivity index (χ0) is 16.8. The maximum Gasteiger partial charge on any atom is 0.499 e. The molecule has 0 fully saturated rings. The van der Waals surface area contributed by atoms with E-state index in [-0.39, 0.29) is 13.0 Å². The number of carbonyl (C=O) groups is 1. The van der Waals surface area contributed by atoms with Gasteiger partial charge in [0, 0.05) is 5.56 Å². The second-order valence-corrected chi connectivity index (χ2v) is 3.92. The SMILES string of the molecule is CCOC(=O)CC#Cc1ccc(OC(F)(F)C(F)(F)F)cc1. The largest absolute Gasteiger partial charge is 0.499 e. The molecule has 0 heterocycles. The van der Waals surface area contributed by atoms with Crippen molar-refractivity contribution >= 4 is 5.97 Å². The molecule has 0 saturated carbocycles. The molecule has 0 aliphatic carbocycles. The van der Waals surface area contributed by atoms with Gasteiger partial charge in [0.2, 0.25) is 0 Å². The second kappa shape index (κ2) is 7.11. The monoisotopic (exact) mass is 322 g/mol. The lowest BCUT2D eigenvalue weighted by molar-refractivity contribution is -0.360. The van der Waals surface area contributed by atoms with Crippen molar-refractivity contribution < 1.29 is 36.2 Å². The van der Waals surface area contributed by atoms with Gasteiger partial charge in [-0.3, -0.25) is 4.79 Å². The smallest absolute Gasteiger partial charge is 0.465 e. The number of rotatable bonds is 4. The normalized spacial score (nSPS) is 11.4. The molecule has 0 radical (unpaired) electrons. The van der Waals surface area contributed by atoms with Crippen LogP contribution in [0.1, 0.15) is 18.9 Å². The summed E-state index contributed by atoms with van der Waals surface area (Å²) >= 11 is 0. The third kappa shape index (κ3) is 5.24. The van der Waals surface area contributed by atoms with Crippen molar-refractivity contribution in [3.05, 3.63) is 29.8 Å². The summed E-state index contributed by atoms with van der Waals surface area (Å²) in [5.74, 6) is 3.85. The van der Waals surface area contributed by atoms with E-state index in [1.165, 1.54) is 12.1 Å². The molecule has 0 saturated heterocycles. The minimum absolute atomic E-state index is 0.155. The Hall–Kier alpha value is -2.30. The molecule has 0 aliphatic heterocycles. The van der Waals surface area contributed by atoms with Gasteiger partial charge < -0.3 is 9.47 Å². The summed E-state index contributed by atoms with van der Waals surface area (Å²) in [6.45, 7) is 1.86. The van der Waals surface area contributed by atoms with E-state index in [0.717, 1.165) is 12.1 Å². The molecule has 0 N–H and O–H groups in total. The first-order valence-electron chi connectivity index (χ1n) is 6.04. The lowest BCUT2D eigenvalue weighted by Crippen LogP contribution is -2.41. The number of ether oxygens (including phenoxy) is 2. The Kier molecular flexibility index (Phi) is 5.74. The van der Waals surface area contributed by atoms with Crippen LogP contribution in [0.2, 0.25) is 0 Å². The lowest BCUT2D eigenvalue weighted by atomic mass is 10.2. The van der Waals surface area contributed by atoms with Crippen molar-refractivity contribution in [1.82, 2.24) is 0 Å². The molecule has 0 bridgehead atoms. The van der Waals surface area contributed by atoms with Gasteiger partial charge in [0.25, 0.3) is 0 Å². The molecule has 0 aliphatic rings. The van der Waals surface area contributed by atoms with E-state index in [2.05, 4.69) is 21.3 Å². The highest BCUT2D eigenvalue weighted by atomic mass is 19.4. The summed E-state index contributed by atoms with van der Waals surface area (Å²) < 4.78 is 69.4. The van der Waals surface area contributed by atoms with Crippen molar-refractivity contribution in [2.45, 2.75) is 25.6 Å². The lowest BCUT2D eigenvalue weighted by Gasteiger charge is -2.20. The van der Waals surface area contributed by atoms with Crippen LogP contribution in [-0.4, -0.2) is 24.9 Å². The molecule has 0 spiro atoms. The van der Waals surface area contributed by atoms with E-state index < -0.39 is 24.0 Å². The maximum atomic E-state index is 12.7. The molecule has 0 aromatic heterocycles. The zero-order valence-corrected chi connectivity index (χ0v) is 11.3. The highest BCUT2D eigenvalue weighted by Crippen LogP contribution is 2.37. The van der Waals surface area contributed by atoms with E-state index in [9.17, 15) is 26.7 Å². The molecule has 8 heteroatoms. The number of alkyl halides is 5. The van der Waals surface area contributed by atoms with Crippen molar-refractivity contribution in [1.29, 1.82) is 0 Å². The van der Waals surface area contributed by atoms with Gasteiger partial charge in [0.1, 0.15) is 12.2 Å². The highest BCUT2D eigenvalue weighted by molar-refractivity contribution is 5.72. The van der Waals surface area contributed by atoms with Gasteiger partial charge in [-0.2, -0.15) is 22.0 Å². The molecule has 0 atom stereocenters. The van der Waals surface area contributed by atoms with E-state index in [0.29, 0.717) is 5.56 Å². The summed E-state index contributed by atoms with van der Waals surface area (Å²) in [5, 5.41) is 0. The number of hydrogen-bond donors (Lipinski definition) is 0. The van der Waals surface area contributed by atoms with Gasteiger partial charge in [-0.1, -0.05) is 11.8 Å². The number of carbonyl (C=O) groups excluding carboxylic acids is 1. The van der Waals surface area contributed by atoms with Crippen molar-refractivity contribution in [3.8, 4) is 17.6 Å². The fourth-order valence-electron chi connectivity index (χ4n) is 1.24. The fourth-order valence-corrected chi connectivity index (χ4v) is 1.24. The molecule has 22 heavy (non-hydrogen) atoms. The van der Waals surface area contributed by atoms with Gasteiger partial charge >= 0.3 is 18.3 Å². The Balaban J connectivity index is 2.68. The van der Waals surface area contributed by atoms with Gasteiger partial charge in [-0.15, -0.1) is 0 Å². The van der Waals surface area contributed by atoms with Crippen LogP contribution in [0, 0.1) is 11.8 Å². The summed E-state index contributed by atoms with van der Waals surface area (Å²) in [6, 6.07) is 4.24. The van der Waals surface area contributed by atoms with Gasteiger partial charge in [-0.25, -0.2) is 0 Å². The van der Waals surface area contributed by atoms with Gasteiger partial charge in [0.15, 0.2) is 0 Å². The van der Waals surface area contributed by atoms with Crippen LogP contribution in [0.3, 0.4) is 0 Å². The molecule has 0 unspecified atom stereocenters. The third-order valence-corrected chi connectivity index (χ3v) is 2.20. The standard InChI is InChI=1S/C14H11F5O3/c1-2-21-12(20)5-3-4-10-6-8-11(9-7-10)22-14(18,19)13(15,16)17/h6-9H,2,5H2,1H3. The van der Waals surface area contributed by atoms with Crippen LogP contribution >= 0.6 is 0 Å². The molecule has 1 rings (SSSR count). The Morgan fingerprint density at radius 2 is 1.73 bits per heavy atom. The number of benzene rings is 1. The average Bonchev–Trinajstić information content (AvgIpc) is 2.39. The van der Waals surface area contributed by atoms with Crippen molar-refractivity contribution in [3.63, 3.8) is 0 Å². The number of halogens is 5. The van der Waals surface area contributed by atoms with Gasteiger partial charge in [-0.05, 0) is 31.2 Å². The minimum atomic E-state index is -5.80. The van der Waals surface area contributed by atoms with Gasteiger partial charge in [0.05, 0.1) is 6.61 Å². The molecule has 0 amide bonds. The average molecular weight is 322 g/mol. The quantitative estimate of drug-likeness (QED) is 0.483. The van der Waals surface area contributed by atoms with E-state index >= 15 is 0 Å². The van der Waals surface area contributed by atoms with Crippen molar-refractivity contribution in [2.75, 3.05) is 6.61 Å². The number of hydrogen-bond acceptors (Lipinski definition) is 3. The molecular formula is C14H11F5O3. The Bertz CT molecular complexity index is 567. The minimum Gasteiger partial charge on any atom is -0.465 e.